The van der Waals surface area contributed by atoms with E-state index in [0.29, 0.717) is 5.76 Å². The number of sulfonamides is 1. The van der Waals surface area contributed by atoms with Gasteiger partial charge in [0.1, 0.15) is 5.76 Å². The number of benzene rings is 2. The van der Waals surface area contributed by atoms with Crippen LogP contribution in [-0.2, 0) is 27.9 Å². The van der Waals surface area contributed by atoms with Crippen LogP contribution >= 0.6 is 0 Å². The molecule has 2 heterocycles. The summed E-state index contributed by atoms with van der Waals surface area (Å²) in [5.41, 5.74) is 4.47. The van der Waals surface area contributed by atoms with Crippen molar-refractivity contribution in [2.75, 3.05) is 6.54 Å². The van der Waals surface area contributed by atoms with Crippen molar-refractivity contribution in [1.29, 1.82) is 0 Å². The van der Waals surface area contributed by atoms with Gasteiger partial charge in [0.15, 0.2) is 0 Å². The summed E-state index contributed by atoms with van der Waals surface area (Å²) in [6.07, 6.45) is 1.47. The third kappa shape index (κ3) is 5.52. The summed E-state index contributed by atoms with van der Waals surface area (Å²) in [7, 11) is -3.92. The molecule has 0 saturated heterocycles. The van der Waals surface area contributed by atoms with Crippen LogP contribution in [0.4, 0.5) is 0 Å². The second-order valence-electron chi connectivity index (χ2n) is 8.34. The van der Waals surface area contributed by atoms with Crippen molar-refractivity contribution in [3.05, 3.63) is 101 Å². The number of nitrogens with zero attached hydrogens (tertiary/aromatic N) is 3. The maximum Gasteiger partial charge on any atom is 0.243 e. The predicted molar refractivity (Wildman–Crippen MR) is 132 cm³/mol. The van der Waals surface area contributed by atoms with Crippen LogP contribution in [0.2, 0.25) is 0 Å². The Bertz CT molecular complexity index is 1390. The van der Waals surface area contributed by atoms with E-state index in [1.807, 2.05) is 55.8 Å². The SMILES string of the molecule is Cc1ccc(S(=O)(=O)N(CC(=O)NCc2c(C)nn(-c3ccccc3)c2C)Cc2ccco2)cc1. The molecule has 0 saturated carbocycles. The largest absolute Gasteiger partial charge is 0.468 e. The van der Waals surface area contributed by atoms with E-state index in [4.69, 9.17) is 4.42 Å². The lowest BCUT2D eigenvalue weighted by Crippen LogP contribution is -2.40. The lowest BCUT2D eigenvalue weighted by molar-refractivity contribution is -0.121. The number of aromatic nitrogens is 2. The van der Waals surface area contributed by atoms with Gasteiger partial charge in [-0.1, -0.05) is 35.9 Å². The smallest absolute Gasteiger partial charge is 0.243 e. The molecular weight excluding hydrogens is 464 g/mol. The Labute approximate surface area is 205 Å². The van der Waals surface area contributed by atoms with Gasteiger partial charge in [0.05, 0.1) is 35.6 Å². The highest BCUT2D eigenvalue weighted by molar-refractivity contribution is 7.89. The van der Waals surface area contributed by atoms with Crippen LogP contribution in [0.3, 0.4) is 0 Å². The Morgan fingerprint density at radius 2 is 1.71 bits per heavy atom. The second-order valence-corrected chi connectivity index (χ2v) is 10.3. The average Bonchev–Trinajstić information content (AvgIpc) is 3.45. The van der Waals surface area contributed by atoms with Crippen molar-refractivity contribution in [2.45, 2.75) is 38.8 Å². The van der Waals surface area contributed by atoms with Gasteiger partial charge in [-0.25, -0.2) is 13.1 Å². The molecule has 9 heteroatoms. The molecule has 0 radical (unpaired) electrons. The first-order valence-electron chi connectivity index (χ1n) is 11.2. The van der Waals surface area contributed by atoms with Crippen LogP contribution in [0.5, 0.6) is 0 Å². The van der Waals surface area contributed by atoms with Crippen LogP contribution in [0.15, 0.2) is 82.3 Å². The highest BCUT2D eigenvalue weighted by Crippen LogP contribution is 2.20. The van der Waals surface area contributed by atoms with Gasteiger partial charge in [-0.05, 0) is 57.2 Å². The Hall–Kier alpha value is -3.69. The van der Waals surface area contributed by atoms with Gasteiger partial charge in [-0.3, -0.25) is 4.79 Å². The van der Waals surface area contributed by atoms with Crippen LogP contribution in [0.1, 0.15) is 28.3 Å². The normalized spacial score (nSPS) is 11.7. The number of carbonyl (C=O) groups is 1. The molecule has 0 spiro atoms. The Kier molecular flexibility index (Phi) is 7.18. The quantitative estimate of drug-likeness (QED) is 0.382. The number of rotatable bonds is 9. The molecule has 2 aromatic carbocycles. The molecule has 0 atom stereocenters. The van der Waals surface area contributed by atoms with Crippen LogP contribution in [-0.4, -0.2) is 35.0 Å². The number of aryl methyl sites for hydroxylation is 2. The summed E-state index contributed by atoms with van der Waals surface area (Å²) in [6.45, 7) is 5.55. The minimum Gasteiger partial charge on any atom is -0.468 e. The summed E-state index contributed by atoms with van der Waals surface area (Å²) in [4.78, 5) is 13.0. The number of hydrogen-bond acceptors (Lipinski definition) is 5. The van der Waals surface area contributed by atoms with Gasteiger partial charge >= 0.3 is 0 Å². The predicted octanol–water partition coefficient (Wildman–Crippen LogP) is 3.90. The third-order valence-corrected chi connectivity index (χ3v) is 7.60. The minimum atomic E-state index is -3.92. The fourth-order valence-electron chi connectivity index (χ4n) is 3.82. The second kappa shape index (κ2) is 10.3. The lowest BCUT2D eigenvalue weighted by Gasteiger charge is -2.21. The summed E-state index contributed by atoms with van der Waals surface area (Å²) in [5, 5.41) is 7.46. The van der Waals surface area contributed by atoms with E-state index in [-0.39, 0.29) is 24.5 Å². The first-order chi connectivity index (χ1) is 16.8. The molecule has 4 rings (SSSR count). The number of furan rings is 1. The molecule has 0 bridgehead atoms. The van der Waals surface area contributed by atoms with Gasteiger partial charge in [0.25, 0.3) is 0 Å². The molecule has 35 heavy (non-hydrogen) atoms. The molecule has 0 aliphatic rings. The maximum atomic E-state index is 13.3. The summed E-state index contributed by atoms with van der Waals surface area (Å²) >= 11 is 0. The highest BCUT2D eigenvalue weighted by atomic mass is 32.2. The molecule has 182 valence electrons. The number of carbonyl (C=O) groups excluding carboxylic acids is 1. The zero-order valence-corrected chi connectivity index (χ0v) is 20.7. The molecule has 0 aliphatic heterocycles. The van der Waals surface area contributed by atoms with E-state index in [1.54, 1.807) is 36.4 Å². The summed E-state index contributed by atoms with van der Waals surface area (Å²) in [5.74, 6) is 0.0304. The van der Waals surface area contributed by atoms with Crippen molar-refractivity contribution in [2.24, 2.45) is 0 Å². The van der Waals surface area contributed by atoms with Crippen molar-refractivity contribution in [3.63, 3.8) is 0 Å². The Morgan fingerprint density at radius 3 is 2.37 bits per heavy atom. The molecule has 4 aromatic rings. The molecule has 0 unspecified atom stereocenters. The molecule has 0 fully saturated rings. The third-order valence-electron chi connectivity index (χ3n) is 5.80. The van der Waals surface area contributed by atoms with E-state index in [2.05, 4.69) is 10.4 Å². The van der Waals surface area contributed by atoms with E-state index in [1.165, 1.54) is 6.26 Å². The first kappa shape index (κ1) is 24.4. The number of nitrogens with one attached hydrogen (secondary N) is 1. The van der Waals surface area contributed by atoms with E-state index in [0.717, 1.165) is 32.5 Å². The van der Waals surface area contributed by atoms with Gasteiger partial charge in [-0.2, -0.15) is 9.40 Å². The molecule has 8 nitrogen and oxygen atoms in total. The zero-order chi connectivity index (χ0) is 25.0. The van der Waals surface area contributed by atoms with E-state index < -0.39 is 15.9 Å². The van der Waals surface area contributed by atoms with Gasteiger partial charge in [-0.15, -0.1) is 0 Å². The number of amides is 1. The standard InChI is InChI=1S/C26H28N4O4S/c1-19-11-13-24(14-12-19)35(32,33)29(17-23-10-7-15-34-23)18-26(31)27-16-25-20(2)28-30(21(25)3)22-8-5-4-6-9-22/h4-15H,16-18H2,1-3H3,(H,27,31). The fourth-order valence-corrected chi connectivity index (χ4v) is 5.18. The van der Waals surface area contributed by atoms with Crippen LogP contribution in [0.25, 0.3) is 5.69 Å². The van der Waals surface area contributed by atoms with E-state index >= 15 is 0 Å². The van der Waals surface area contributed by atoms with E-state index in [9.17, 15) is 13.2 Å². The topological polar surface area (TPSA) is 97.4 Å². The molecule has 0 aliphatic carbocycles. The Morgan fingerprint density at radius 1 is 1.00 bits per heavy atom. The minimum absolute atomic E-state index is 0.0549. The molecule has 1 N–H and O–H groups in total. The maximum absolute atomic E-state index is 13.3. The Balaban J connectivity index is 1.51. The van der Waals surface area contributed by atoms with Crippen molar-refractivity contribution >= 4 is 15.9 Å². The van der Waals surface area contributed by atoms with Crippen LogP contribution < -0.4 is 5.32 Å². The van der Waals surface area contributed by atoms with Gasteiger partial charge in [0.2, 0.25) is 15.9 Å². The van der Waals surface area contributed by atoms with Gasteiger partial charge in [0, 0.05) is 17.8 Å². The van der Waals surface area contributed by atoms with Crippen LogP contribution in [0, 0.1) is 20.8 Å². The summed E-state index contributed by atoms with van der Waals surface area (Å²) in [6, 6.07) is 19.7. The first-order valence-corrected chi connectivity index (χ1v) is 12.7. The monoisotopic (exact) mass is 492 g/mol. The fraction of sp³-hybridized carbons (Fsp3) is 0.231. The molecular formula is C26H28N4O4S. The summed E-state index contributed by atoms with van der Waals surface area (Å²) < 4.78 is 35.0. The molecule has 1 amide bonds. The van der Waals surface area contributed by atoms with Crippen molar-refractivity contribution in [1.82, 2.24) is 19.4 Å². The number of hydrogen-bond donors (Lipinski definition) is 1. The van der Waals surface area contributed by atoms with Crippen molar-refractivity contribution in [3.8, 4) is 5.69 Å². The zero-order valence-electron chi connectivity index (χ0n) is 19.9. The van der Waals surface area contributed by atoms with Gasteiger partial charge < -0.3 is 9.73 Å². The lowest BCUT2D eigenvalue weighted by atomic mass is 10.2. The highest BCUT2D eigenvalue weighted by Gasteiger charge is 2.28. The average molecular weight is 493 g/mol. The number of para-hydroxylation sites is 1. The van der Waals surface area contributed by atoms with Crippen molar-refractivity contribution < 1.29 is 17.6 Å². The molecule has 2 aromatic heterocycles.